The van der Waals surface area contributed by atoms with Gasteiger partial charge in [0.15, 0.2) is 5.54 Å². The van der Waals surface area contributed by atoms with E-state index in [1.807, 2.05) is 12.1 Å². The Hall–Kier alpha value is -2.38. The summed E-state index contributed by atoms with van der Waals surface area (Å²) in [5, 5.41) is 2.58. The first-order chi connectivity index (χ1) is 12.4. The Balaban J connectivity index is 1.94. The number of fused-ring (bicyclic) bond motifs is 2. The van der Waals surface area contributed by atoms with Crippen LogP contribution in [0.3, 0.4) is 0 Å². The number of halogens is 1. The molecule has 0 bridgehead atoms. The molecular formula is C18H15ClN2O4S. The van der Waals surface area contributed by atoms with Gasteiger partial charge in [-0.05, 0) is 54.7 Å². The van der Waals surface area contributed by atoms with Crippen molar-refractivity contribution < 1.29 is 18.0 Å². The van der Waals surface area contributed by atoms with Crippen molar-refractivity contribution in [2.75, 3.05) is 0 Å². The maximum absolute atomic E-state index is 13.3. The van der Waals surface area contributed by atoms with Crippen LogP contribution in [-0.4, -0.2) is 24.7 Å². The van der Waals surface area contributed by atoms with Crippen LogP contribution in [0.25, 0.3) is 0 Å². The largest absolute Gasteiger partial charge is 0.339 e. The van der Waals surface area contributed by atoms with Gasteiger partial charge in [0.1, 0.15) is 0 Å². The van der Waals surface area contributed by atoms with Crippen LogP contribution in [0.1, 0.15) is 24.0 Å². The Labute approximate surface area is 155 Å². The predicted molar refractivity (Wildman–Crippen MR) is 95.1 cm³/mol. The molecule has 4 rings (SSSR count). The number of hydrogen-bond donors (Lipinski definition) is 1. The topological polar surface area (TPSA) is 83.6 Å². The number of carbonyl (C=O) groups excluding carboxylic acids is 2. The van der Waals surface area contributed by atoms with E-state index in [1.165, 1.54) is 24.3 Å². The minimum atomic E-state index is -4.25. The summed E-state index contributed by atoms with van der Waals surface area (Å²) in [6.07, 6.45) is 1.58. The monoisotopic (exact) mass is 390 g/mol. The van der Waals surface area contributed by atoms with E-state index in [0.717, 1.165) is 12.0 Å². The van der Waals surface area contributed by atoms with Gasteiger partial charge in [0.25, 0.3) is 15.9 Å². The van der Waals surface area contributed by atoms with Crippen molar-refractivity contribution in [3.63, 3.8) is 0 Å². The van der Waals surface area contributed by atoms with Crippen LogP contribution in [0.2, 0.25) is 5.02 Å². The van der Waals surface area contributed by atoms with E-state index in [-0.39, 0.29) is 11.3 Å². The van der Waals surface area contributed by atoms with E-state index < -0.39 is 27.5 Å². The van der Waals surface area contributed by atoms with Gasteiger partial charge in [0.2, 0.25) is 0 Å². The van der Waals surface area contributed by atoms with Gasteiger partial charge in [-0.25, -0.2) is 13.2 Å². The van der Waals surface area contributed by atoms with Gasteiger partial charge in [-0.2, -0.15) is 4.31 Å². The number of nitrogens with one attached hydrogen (secondary N) is 1. The van der Waals surface area contributed by atoms with Crippen LogP contribution >= 0.6 is 11.6 Å². The zero-order chi connectivity index (χ0) is 18.5. The fourth-order valence-electron chi connectivity index (χ4n) is 3.80. The molecule has 1 fully saturated rings. The number of benzene rings is 2. The van der Waals surface area contributed by atoms with E-state index in [0.29, 0.717) is 21.3 Å². The van der Waals surface area contributed by atoms with Gasteiger partial charge < -0.3 is 0 Å². The molecule has 1 atom stereocenters. The summed E-state index contributed by atoms with van der Waals surface area (Å²) in [5.74, 6) is -0.604. The summed E-state index contributed by atoms with van der Waals surface area (Å²) in [6, 6.07) is 11.8. The number of rotatable bonds is 2. The summed E-state index contributed by atoms with van der Waals surface area (Å²) in [6.45, 7) is 0. The second-order valence-electron chi connectivity index (χ2n) is 6.35. The average Bonchev–Trinajstić information content (AvgIpc) is 2.87. The van der Waals surface area contributed by atoms with Gasteiger partial charge >= 0.3 is 6.03 Å². The lowest BCUT2D eigenvalue weighted by Gasteiger charge is -2.38. The highest BCUT2D eigenvalue weighted by Crippen LogP contribution is 2.45. The molecule has 1 spiro atoms. The molecule has 26 heavy (non-hydrogen) atoms. The third-order valence-electron chi connectivity index (χ3n) is 4.93. The van der Waals surface area contributed by atoms with Crippen LogP contribution < -0.4 is 5.32 Å². The van der Waals surface area contributed by atoms with E-state index in [1.54, 1.807) is 12.1 Å². The van der Waals surface area contributed by atoms with Crippen LogP contribution in [0, 0.1) is 0 Å². The Morgan fingerprint density at radius 3 is 2.46 bits per heavy atom. The number of amides is 3. The Bertz CT molecular complexity index is 1020. The number of urea groups is 1. The summed E-state index contributed by atoms with van der Waals surface area (Å²) >= 11 is 5.84. The number of imide groups is 1. The molecule has 1 heterocycles. The number of hydrogen-bond acceptors (Lipinski definition) is 4. The highest BCUT2D eigenvalue weighted by molar-refractivity contribution is 7.89. The SMILES string of the molecule is O=C1NC(=O)C2(CCCc3ccccc32)N1S(=O)(=O)c1ccc(Cl)cc1. The second-order valence-corrected chi connectivity index (χ2v) is 8.58. The molecule has 3 amide bonds. The molecule has 1 aliphatic carbocycles. The third kappa shape index (κ3) is 2.27. The van der Waals surface area contributed by atoms with Gasteiger partial charge in [-0.3, -0.25) is 10.1 Å². The highest BCUT2D eigenvalue weighted by Gasteiger charge is 2.60. The smallest absolute Gasteiger partial charge is 0.275 e. The fourth-order valence-corrected chi connectivity index (χ4v) is 5.56. The summed E-state index contributed by atoms with van der Waals surface area (Å²) in [7, 11) is -4.25. The zero-order valence-electron chi connectivity index (χ0n) is 13.6. The molecule has 8 heteroatoms. The first-order valence-corrected chi connectivity index (χ1v) is 9.94. The summed E-state index contributed by atoms with van der Waals surface area (Å²) < 4.78 is 27.2. The summed E-state index contributed by atoms with van der Waals surface area (Å²) in [4.78, 5) is 25.3. The number of nitrogens with zero attached hydrogens (tertiary/aromatic N) is 1. The molecule has 1 N–H and O–H groups in total. The van der Waals surface area contributed by atoms with Crippen LogP contribution in [0.5, 0.6) is 0 Å². The molecule has 1 unspecified atom stereocenters. The van der Waals surface area contributed by atoms with Gasteiger partial charge in [0, 0.05) is 5.02 Å². The molecule has 2 aliphatic rings. The van der Waals surface area contributed by atoms with Crippen molar-refractivity contribution in [1.82, 2.24) is 9.62 Å². The van der Waals surface area contributed by atoms with E-state index in [4.69, 9.17) is 11.6 Å². The predicted octanol–water partition coefficient (Wildman–Crippen LogP) is 2.81. The lowest BCUT2D eigenvalue weighted by Crippen LogP contribution is -2.51. The minimum absolute atomic E-state index is 0.0887. The molecule has 134 valence electrons. The number of carbonyl (C=O) groups is 2. The molecule has 0 aromatic heterocycles. The molecule has 2 aromatic rings. The van der Waals surface area contributed by atoms with E-state index in [2.05, 4.69) is 5.32 Å². The number of sulfonamides is 1. The van der Waals surface area contributed by atoms with Crippen LogP contribution in [0.15, 0.2) is 53.4 Å². The standard InChI is InChI=1S/C18H15ClN2O4S/c19-13-7-9-14(10-8-13)26(24,25)21-17(23)20-16(22)18(21)11-3-5-12-4-1-2-6-15(12)18/h1-2,4,6-10H,3,5,11H2,(H,20,22,23). The first kappa shape index (κ1) is 17.1. The van der Waals surface area contributed by atoms with Gasteiger partial charge in [-0.1, -0.05) is 35.9 Å². The lowest BCUT2D eigenvalue weighted by atomic mass is 9.76. The minimum Gasteiger partial charge on any atom is -0.275 e. The first-order valence-electron chi connectivity index (χ1n) is 8.12. The maximum atomic E-state index is 13.3. The number of aryl methyl sites for hydroxylation is 1. The Morgan fingerprint density at radius 2 is 1.73 bits per heavy atom. The Morgan fingerprint density at radius 1 is 1.04 bits per heavy atom. The molecule has 2 aromatic carbocycles. The molecule has 1 saturated heterocycles. The fraction of sp³-hybridized carbons (Fsp3) is 0.222. The van der Waals surface area contributed by atoms with Crippen molar-refractivity contribution in [2.45, 2.75) is 29.7 Å². The maximum Gasteiger partial charge on any atom is 0.339 e. The van der Waals surface area contributed by atoms with Crippen LogP contribution in [-0.2, 0) is 26.8 Å². The third-order valence-corrected chi connectivity index (χ3v) is 7.00. The lowest BCUT2D eigenvalue weighted by molar-refractivity contribution is -0.126. The normalized spacial score (nSPS) is 22.4. The molecule has 1 aliphatic heterocycles. The quantitative estimate of drug-likeness (QED) is 0.799. The molecule has 6 nitrogen and oxygen atoms in total. The molecule has 0 saturated carbocycles. The molecular weight excluding hydrogens is 376 g/mol. The average molecular weight is 391 g/mol. The van der Waals surface area contributed by atoms with Crippen molar-refractivity contribution in [3.05, 3.63) is 64.7 Å². The zero-order valence-corrected chi connectivity index (χ0v) is 15.2. The van der Waals surface area contributed by atoms with Gasteiger partial charge in [-0.15, -0.1) is 0 Å². The van der Waals surface area contributed by atoms with Crippen molar-refractivity contribution in [1.29, 1.82) is 0 Å². The Kier molecular flexibility index (Phi) is 3.82. The van der Waals surface area contributed by atoms with Crippen molar-refractivity contribution in [3.8, 4) is 0 Å². The summed E-state index contributed by atoms with van der Waals surface area (Å²) in [5.41, 5.74) is -0.114. The van der Waals surface area contributed by atoms with E-state index in [9.17, 15) is 18.0 Å². The second kappa shape index (κ2) is 5.82. The van der Waals surface area contributed by atoms with Crippen LogP contribution in [0.4, 0.5) is 4.79 Å². The highest BCUT2D eigenvalue weighted by atomic mass is 35.5. The van der Waals surface area contributed by atoms with E-state index >= 15 is 0 Å². The van der Waals surface area contributed by atoms with Gasteiger partial charge in [0.05, 0.1) is 4.90 Å². The molecule has 0 radical (unpaired) electrons. The van der Waals surface area contributed by atoms with Crippen molar-refractivity contribution >= 4 is 33.6 Å². The van der Waals surface area contributed by atoms with Crippen molar-refractivity contribution in [2.24, 2.45) is 0 Å².